The number of ketones is 1. The highest BCUT2D eigenvalue weighted by atomic mass is 16.5. The van der Waals surface area contributed by atoms with E-state index in [2.05, 4.69) is 0 Å². The number of amides is 1. The van der Waals surface area contributed by atoms with Crippen molar-refractivity contribution >= 4 is 17.4 Å². The molecule has 1 amide bonds. The van der Waals surface area contributed by atoms with Gasteiger partial charge in [0.25, 0.3) is 11.7 Å². The predicted octanol–water partition coefficient (Wildman–Crippen LogP) is 4.62. The van der Waals surface area contributed by atoms with Crippen LogP contribution in [0.5, 0.6) is 5.75 Å². The molecule has 0 aromatic heterocycles. The van der Waals surface area contributed by atoms with Crippen molar-refractivity contribution in [3.8, 4) is 5.75 Å². The molecule has 0 saturated carbocycles. The van der Waals surface area contributed by atoms with Crippen molar-refractivity contribution in [1.82, 2.24) is 4.90 Å². The first-order valence-electron chi connectivity index (χ1n) is 10.1. The van der Waals surface area contributed by atoms with Crippen LogP contribution in [0.2, 0.25) is 0 Å². The molecule has 3 rings (SSSR count). The fraction of sp³-hybridized carbons (Fsp3) is 0.333. The van der Waals surface area contributed by atoms with Gasteiger partial charge in [-0.05, 0) is 37.5 Å². The Bertz CT molecular complexity index is 947. The zero-order chi connectivity index (χ0) is 21.0. The van der Waals surface area contributed by atoms with Crippen molar-refractivity contribution in [2.24, 2.45) is 0 Å². The van der Waals surface area contributed by atoms with Gasteiger partial charge in [-0.3, -0.25) is 9.59 Å². The van der Waals surface area contributed by atoms with Gasteiger partial charge in [-0.15, -0.1) is 0 Å². The number of ether oxygens (including phenoxy) is 1. The number of carbonyl (C=O) groups is 2. The Morgan fingerprint density at radius 1 is 1.07 bits per heavy atom. The molecular weight excluding hydrogens is 366 g/mol. The molecule has 2 aromatic rings. The maximum atomic E-state index is 12.9. The lowest BCUT2D eigenvalue weighted by atomic mass is 9.94. The third-order valence-electron chi connectivity index (χ3n) is 4.94. The molecule has 0 aliphatic carbocycles. The minimum Gasteiger partial charge on any atom is -0.507 e. The van der Waals surface area contributed by atoms with Crippen LogP contribution in [-0.4, -0.2) is 34.8 Å². The smallest absolute Gasteiger partial charge is 0.295 e. The normalized spacial score (nSPS) is 18.3. The van der Waals surface area contributed by atoms with E-state index in [9.17, 15) is 14.7 Å². The Balaban J connectivity index is 2.12. The van der Waals surface area contributed by atoms with Crippen molar-refractivity contribution in [2.45, 2.75) is 39.7 Å². The van der Waals surface area contributed by atoms with Gasteiger partial charge in [0.05, 0.1) is 18.2 Å². The maximum absolute atomic E-state index is 12.9. The number of Topliss-reactive ketones (excluding diaryl/α,β-unsaturated/α-hetero) is 1. The molecule has 1 unspecified atom stereocenters. The molecule has 5 nitrogen and oxygen atoms in total. The number of aliphatic hydroxyl groups excluding tert-OH is 1. The van der Waals surface area contributed by atoms with Crippen molar-refractivity contribution in [3.63, 3.8) is 0 Å². The van der Waals surface area contributed by atoms with Crippen molar-refractivity contribution in [1.29, 1.82) is 0 Å². The second-order valence-electron chi connectivity index (χ2n) is 7.28. The van der Waals surface area contributed by atoms with E-state index in [0.29, 0.717) is 24.5 Å². The molecule has 1 atom stereocenters. The summed E-state index contributed by atoms with van der Waals surface area (Å²) < 4.78 is 5.65. The van der Waals surface area contributed by atoms with Gasteiger partial charge < -0.3 is 14.7 Å². The Morgan fingerprint density at radius 2 is 1.83 bits per heavy atom. The van der Waals surface area contributed by atoms with E-state index in [4.69, 9.17) is 4.74 Å². The van der Waals surface area contributed by atoms with E-state index < -0.39 is 17.7 Å². The van der Waals surface area contributed by atoms with Crippen LogP contribution in [-0.2, 0) is 9.59 Å². The topological polar surface area (TPSA) is 66.8 Å². The molecule has 0 radical (unpaired) electrons. The Morgan fingerprint density at radius 3 is 2.52 bits per heavy atom. The Hall–Kier alpha value is -3.08. The highest BCUT2D eigenvalue weighted by Gasteiger charge is 2.45. The summed E-state index contributed by atoms with van der Waals surface area (Å²) in [5.41, 5.74) is 2.43. The van der Waals surface area contributed by atoms with E-state index in [1.807, 2.05) is 45.0 Å². The zero-order valence-corrected chi connectivity index (χ0v) is 17.1. The molecule has 1 saturated heterocycles. The summed E-state index contributed by atoms with van der Waals surface area (Å²) in [6.45, 7) is 6.94. The monoisotopic (exact) mass is 393 g/mol. The highest BCUT2D eigenvalue weighted by molar-refractivity contribution is 6.46. The van der Waals surface area contributed by atoms with E-state index >= 15 is 0 Å². The fourth-order valence-electron chi connectivity index (χ4n) is 3.65. The summed E-state index contributed by atoms with van der Waals surface area (Å²) in [7, 11) is 0. The van der Waals surface area contributed by atoms with Crippen molar-refractivity contribution in [3.05, 3.63) is 70.8 Å². The molecule has 0 bridgehead atoms. The van der Waals surface area contributed by atoms with Crippen LogP contribution in [0.15, 0.2) is 54.1 Å². The number of aliphatic hydroxyl groups is 1. The van der Waals surface area contributed by atoms with Crippen LogP contribution in [0, 0.1) is 6.92 Å². The summed E-state index contributed by atoms with van der Waals surface area (Å²) in [5.74, 6) is -0.776. The minimum atomic E-state index is -0.651. The van der Waals surface area contributed by atoms with Gasteiger partial charge in [-0.25, -0.2) is 0 Å². The molecular formula is C24H27NO4. The number of hydrogen-bond donors (Lipinski definition) is 1. The summed E-state index contributed by atoms with van der Waals surface area (Å²) in [6.07, 6.45) is 1.58. The van der Waals surface area contributed by atoms with Crippen molar-refractivity contribution in [2.75, 3.05) is 13.2 Å². The first-order valence-corrected chi connectivity index (χ1v) is 10.1. The number of hydrogen-bond acceptors (Lipinski definition) is 4. The van der Waals surface area contributed by atoms with Crippen LogP contribution in [0.25, 0.3) is 5.76 Å². The van der Waals surface area contributed by atoms with E-state index in [0.717, 1.165) is 24.0 Å². The minimum absolute atomic E-state index is 0.127. The molecule has 1 aliphatic heterocycles. The fourth-order valence-corrected chi connectivity index (χ4v) is 3.65. The summed E-state index contributed by atoms with van der Waals surface area (Å²) in [4.78, 5) is 27.2. The first kappa shape index (κ1) is 20.6. The standard InChI is InChI=1S/C24H27NO4/c1-4-12-25-21(17-9-6-8-16(3)14-17)20(23(27)24(25)28)22(26)18-10-7-11-19(15-18)29-13-5-2/h6-11,14-15,21,26H,4-5,12-13H2,1-3H3/b22-20-. The molecule has 1 N–H and O–H groups in total. The van der Waals surface area contributed by atoms with Crippen LogP contribution < -0.4 is 4.74 Å². The van der Waals surface area contributed by atoms with E-state index in [1.54, 1.807) is 29.2 Å². The second kappa shape index (κ2) is 8.95. The van der Waals surface area contributed by atoms with Gasteiger partial charge in [0.2, 0.25) is 0 Å². The van der Waals surface area contributed by atoms with E-state index in [1.165, 1.54) is 0 Å². The number of nitrogens with zero attached hydrogens (tertiary/aromatic N) is 1. The molecule has 29 heavy (non-hydrogen) atoms. The molecule has 1 aliphatic rings. The zero-order valence-electron chi connectivity index (χ0n) is 17.1. The third kappa shape index (κ3) is 4.19. The number of rotatable bonds is 7. The van der Waals surface area contributed by atoms with Crippen LogP contribution >= 0.6 is 0 Å². The van der Waals surface area contributed by atoms with Gasteiger partial charge >= 0.3 is 0 Å². The predicted molar refractivity (Wildman–Crippen MR) is 113 cm³/mol. The van der Waals surface area contributed by atoms with E-state index in [-0.39, 0.29) is 11.3 Å². The van der Waals surface area contributed by atoms with Gasteiger partial charge in [0.1, 0.15) is 11.5 Å². The Kier molecular flexibility index (Phi) is 6.37. The number of benzene rings is 2. The maximum Gasteiger partial charge on any atom is 0.295 e. The number of aryl methyl sites for hydroxylation is 1. The van der Waals surface area contributed by atoms with Crippen molar-refractivity contribution < 1.29 is 19.4 Å². The lowest BCUT2D eigenvalue weighted by molar-refractivity contribution is -0.139. The quantitative estimate of drug-likeness (QED) is 0.424. The van der Waals surface area contributed by atoms with Gasteiger partial charge in [0, 0.05) is 12.1 Å². The number of carbonyl (C=O) groups excluding carboxylic acids is 2. The second-order valence-corrected chi connectivity index (χ2v) is 7.28. The Labute approximate surface area is 171 Å². The average molecular weight is 393 g/mol. The largest absolute Gasteiger partial charge is 0.507 e. The summed E-state index contributed by atoms with van der Waals surface area (Å²) in [5, 5.41) is 11.1. The van der Waals surface area contributed by atoms with Gasteiger partial charge in [-0.1, -0.05) is 55.8 Å². The van der Waals surface area contributed by atoms with Gasteiger partial charge in [-0.2, -0.15) is 0 Å². The molecule has 152 valence electrons. The molecule has 1 fully saturated rings. The third-order valence-corrected chi connectivity index (χ3v) is 4.94. The lowest BCUT2D eigenvalue weighted by Crippen LogP contribution is -2.30. The lowest BCUT2D eigenvalue weighted by Gasteiger charge is -2.25. The SMILES string of the molecule is CCCOc1cccc(/C(O)=C2/C(=O)C(=O)N(CCC)C2c2cccc(C)c2)c1. The molecule has 1 heterocycles. The summed E-state index contributed by atoms with van der Waals surface area (Å²) in [6, 6.07) is 14.1. The van der Waals surface area contributed by atoms with Gasteiger partial charge in [0.15, 0.2) is 0 Å². The van der Waals surface area contributed by atoms with Crippen LogP contribution in [0.3, 0.4) is 0 Å². The van der Waals surface area contributed by atoms with Crippen LogP contribution in [0.1, 0.15) is 49.4 Å². The number of likely N-dealkylation sites (tertiary alicyclic amines) is 1. The molecule has 2 aromatic carbocycles. The first-order chi connectivity index (χ1) is 14.0. The summed E-state index contributed by atoms with van der Waals surface area (Å²) >= 11 is 0. The highest BCUT2D eigenvalue weighted by Crippen LogP contribution is 2.39. The average Bonchev–Trinajstić information content (AvgIpc) is 2.97. The van der Waals surface area contributed by atoms with Crippen LogP contribution in [0.4, 0.5) is 0 Å². The molecule has 5 heteroatoms. The molecule has 0 spiro atoms.